The molecule has 0 saturated heterocycles. The van der Waals surface area contributed by atoms with Crippen LogP contribution in [0.5, 0.6) is 5.75 Å². The number of nitrogens with one attached hydrogen (secondary N) is 1. The minimum atomic E-state index is -1.69. The van der Waals surface area contributed by atoms with Gasteiger partial charge in [0.2, 0.25) is 5.90 Å². The Bertz CT molecular complexity index is 2030. The fraction of sp³-hybridized carbons (Fsp3) is 0.179. The number of ether oxygens (including phenoxy) is 2. The van der Waals surface area contributed by atoms with E-state index < -0.39 is 29.2 Å². The van der Waals surface area contributed by atoms with Crippen LogP contribution in [0.3, 0.4) is 0 Å². The molecule has 50 heavy (non-hydrogen) atoms. The number of rotatable bonds is 13. The molecular weight excluding hydrogens is 640 g/mol. The average molecular weight is 674 g/mol. The highest BCUT2D eigenvalue weighted by Crippen LogP contribution is 2.44. The molecule has 1 aliphatic rings. The molecule has 0 unspecified atom stereocenters. The van der Waals surface area contributed by atoms with E-state index in [9.17, 15) is 19.1 Å². The average Bonchev–Trinajstić information content (AvgIpc) is 3.54. The van der Waals surface area contributed by atoms with E-state index >= 15 is 0 Å². The summed E-state index contributed by atoms with van der Waals surface area (Å²) in [4.78, 5) is 22.6. The maximum Gasteiger partial charge on any atom is 0.252 e. The third-order valence-corrected chi connectivity index (χ3v) is 8.40. The Morgan fingerprint density at radius 1 is 0.900 bits per heavy atom. The zero-order chi connectivity index (χ0) is 34.9. The van der Waals surface area contributed by atoms with Gasteiger partial charge in [0.15, 0.2) is 11.6 Å². The van der Waals surface area contributed by atoms with Crippen molar-refractivity contribution in [3.8, 4) is 16.9 Å². The minimum absolute atomic E-state index is 0.00918. The van der Waals surface area contributed by atoms with Crippen LogP contribution in [0.1, 0.15) is 34.8 Å². The highest BCUT2D eigenvalue weighted by atomic mass is 19.1. The van der Waals surface area contributed by atoms with Gasteiger partial charge in [0.05, 0.1) is 6.61 Å². The van der Waals surface area contributed by atoms with Gasteiger partial charge in [-0.25, -0.2) is 13.8 Å². The predicted molar refractivity (Wildman–Crippen MR) is 186 cm³/mol. The van der Waals surface area contributed by atoms with Crippen molar-refractivity contribution in [1.29, 1.82) is 0 Å². The van der Waals surface area contributed by atoms with Crippen molar-refractivity contribution in [3.63, 3.8) is 0 Å². The predicted octanol–water partition coefficient (Wildman–Crippen LogP) is 8.15. The van der Waals surface area contributed by atoms with Crippen LogP contribution in [0.2, 0.25) is 0 Å². The first kappa shape index (κ1) is 33.9. The summed E-state index contributed by atoms with van der Waals surface area (Å²) in [6, 6.07) is 34.3. The lowest BCUT2D eigenvalue weighted by molar-refractivity contribution is -0.129. The monoisotopic (exact) mass is 673 g/mol. The normalized spacial score (nSPS) is 16.5. The Balaban J connectivity index is 1.45. The fourth-order valence-corrected chi connectivity index (χ4v) is 5.87. The summed E-state index contributed by atoms with van der Waals surface area (Å²) in [5.41, 5.74) is 11.6. The van der Waals surface area contributed by atoms with Gasteiger partial charge in [-0.05, 0) is 70.2 Å². The molecule has 0 radical (unpaired) electrons. The van der Waals surface area contributed by atoms with Crippen LogP contribution in [-0.2, 0) is 22.5 Å². The van der Waals surface area contributed by atoms with Crippen LogP contribution >= 0.6 is 0 Å². The summed E-state index contributed by atoms with van der Waals surface area (Å²) in [5, 5.41) is 15.7. The molecule has 0 saturated carbocycles. The standard InChI is InChI=1S/C39H33F2N5O4/c40-32-17-20-34(41)31(23-32)25-43-38(48)39(24-30-9-4-5-10-35(30)45-46-42)36(28-13-11-27(12-14-28)26-7-2-1-3-8-26)50-37(44-39)29-15-18-33(19-16-29)49-22-6-21-47/h1-5,7-20,23,36,47H,6,21-22,24-25H2,(H,43,48)/t36-,39-/m1/s1. The van der Waals surface area contributed by atoms with Crippen LogP contribution in [0.25, 0.3) is 21.6 Å². The molecule has 2 N–H and O–H groups in total. The Hall–Kier alpha value is -6.03. The van der Waals surface area contributed by atoms with Crippen molar-refractivity contribution in [2.24, 2.45) is 10.1 Å². The molecule has 5 aromatic carbocycles. The maximum atomic E-state index is 14.7. The van der Waals surface area contributed by atoms with Crippen LogP contribution in [0.4, 0.5) is 14.5 Å². The molecule has 1 aliphatic heterocycles. The lowest BCUT2D eigenvalue weighted by atomic mass is 9.81. The van der Waals surface area contributed by atoms with Crippen LogP contribution in [0.15, 0.2) is 131 Å². The van der Waals surface area contributed by atoms with Gasteiger partial charge in [0.25, 0.3) is 5.91 Å². The van der Waals surface area contributed by atoms with Crippen LogP contribution in [-0.4, -0.2) is 35.7 Å². The lowest BCUT2D eigenvalue weighted by Gasteiger charge is -2.31. The van der Waals surface area contributed by atoms with Crippen molar-refractivity contribution in [3.05, 3.63) is 166 Å². The van der Waals surface area contributed by atoms with Gasteiger partial charge in [-0.1, -0.05) is 84.0 Å². The Morgan fingerprint density at radius 2 is 1.60 bits per heavy atom. The van der Waals surface area contributed by atoms with Crippen molar-refractivity contribution >= 4 is 17.5 Å². The quantitative estimate of drug-likeness (QED) is 0.0566. The smallest absolute Gasteiger partial charge is 0.252 e. The molecule has 2 atom stereocenters. The number of aliphatic hydroxyl groups excluding tert-OH is 1. The fourth-order valence-electron chi connectivity index (χ4n) is 5.87. The van der Waals surface area contributed by atoms with Gasteiger partial charge >= 0.3 is 0 Å². The molecule has 5 aromatic rings. The lowest BCUT2D eigenvalue weighted by Crippen LogP contribution is -2.49. The number of hydrogen-bond donors (Lipinski definition) is 2. The molecule has 1 amide bonds. The number of azide groups is 1. The van der Waals surface area contributed by atoms with Gasteiger partial charge in [0, 0.05) is 47.7 Å². The number of nitrogens with zero attached hydrogens (tertiary/aromatic N) is 4. The largest absolute Gasteiger partial charge is 0.494 e. The zero-order valence-electron chi connectivity index (χ0n) is 26.9. The highest BCUT2D eigenvalue weighted by Gasteiger charge is 2.53. The second-order valence-corrected chi connectivity index (χ2v) is 11.7. The first-order valence-corrected chi connectivity index (χ1v) is 16.0. The van der Waals surface area contributed by atoms with Crippen LogP contribution in [0, 0.1) is 11.6 Å². The summed E-state index contributed by atoms with van der Waals surface area (Å²) < 4.78 is 41.0. The van der Waals surface area contributed by atoms with E-state index in [0.717, 1.165) is 29.3 Å². The van der Waals surface area contributed by atoms with Gasteiger partial charge in [0.1, 0.15) is 17.4 Å². The molecular formula is C39H33F2N5O4. The Kier molecular flexibility index (Phi) is 10.5. The first-order chi connectivity index (χ1) is 24.4. The van der Waals surface area contributed by atoms with E-state index in [1.807, 2.05) is 54.6 Å². The molecule has 0 aromatic heterocycles. The molecule has 6 rings (SSSR count). The van der Waals surface area contributed by atoms with Gasteiger partial charge in [-0.2, -0.15) is 0 Å². The topological polar surface area (TPSA) is 129 Å². The third kappa shape index (κ3) is 7.49. The summed E-state index contributed by atoms with van der Waals surface area (Å²) in [5.74, 6) is -1.15. The van der Waals surface area contributed by atoms with Crippen molar-refractivity contribution in [1.82, 2.24) is 5.32 Å². The number of carbonyl (C=O) groups is 1. The molecule has 0 bridgehead atoms. The number of carbonyl (C=O) groups excluding carboxylic acids is 1. The first-order valence-electron chi connectivity index (χ1n) is 16.0. The van der Waals surface area contributed by atoms with E-state index in [0.29, 0.717) is 41.2 Å². The Labute approximate surface area is 287 Å². The number of amides is 1. The SMILES string of the molecule is [N-]=[N+]=Nc1ccccc1C[C@@]1(C(=O)NCc2cc(F)ccc2F)N=C(c2ccc(OCCCO)cc2)O[C@@H]1c1ccc(-c2ccccc2)cc1. The maximum absolute atomic E-state index is 14.7. The van der Waals surface area contributed by atoms with Crippen molar-refractivity contribution in [2.75, 3.05) is 13.2 Å². The van der Waals surface area contributed by atoms with E-state index in [1.165, 1.54) is 0 Å². The van der Waals surface area contributed by atoms with E-state index in [-0.39, 0.29) is 31.0 Å². The highest BCUT2D eigenvalue weighted by molar-refractivity contribution is 6.01. The molecule has 0 fully saturated rings. The molecule has 9 nitrogen and oxygen atoms in total. The Morgan fingerprint density at radius 3 is 2.34 bits per heavy atom. The zero-order valence-corrected chi connectivity index (χ0v) is 26.9. The van der Waals surface area contributed by atoms with Crippen molar-refractivity contribution in [2.45, 2.75) is 31.0 Å². The second kappa shape index (κ2) is 15.5. The minimum Gasteiger partial charge on any atom is -0.494 e. The number of hydrogen-bond acceptors (Lipinski definition) is 6. The van der Waals surface area contributed by atoms with Gasteiger partial charge in [-0.15, -0.1) is 0 Å². The second-order valence-electron chi connectivity index (χ2n) is 11.7. The number of aliphatic hydroxyl groups is 1. The van der Waals surface area contributed by atoms with Gasteiger partial charge in [-0.3, -0.25) is 4.79 Å². The number of halogens is 2. The van der Waals surface area contributed by atoms with E-state index in [2.05, 4.69) is 15.3 Å². The molecule has 11 heteroatoms. The summed E-state index contributed by atoms with van der Waals surface area (Å²) in [7, 11) is 0. The summed E-state index contributed by atoms with van der Waals surface area (Å²) >= 11 is 0. The molecule has 252 valence electrons. The summed E-state index contributed by atoms with van der Waals surface area (Å²) in [6.07, 6.45) is -0.563. The van der Waals surface area contributed by atoms with Crippen LogP contribution < -0.4 is 10.1 Å². The van der Waals surface area contributed by atoms with E-state index in [4.69, 9.17) is 19.6 Å². The van der Waals surface area contributed by atoms with Gasteiger partial charge < -0.3 is 19.9 Å². The summed E-state index contributed by atoms with van der Waals surface area (Å²) in [6.45, 7) is 0.0376. The molecule has 1 heterocycles. The van der Waals surface area contributed by atoms with E-state index in [1.54, 1.807) is 48.5 Å². The molecule has 0 spiro atoms. The van der Waals surface area contributed by atoms with Crippen molar-refractivity contribution < 1.29 is 28.2 Å². The number of aliphatic imine (C=N–C) groups is 1. The number of benzene rings is 5. The molecule has 0 aliphatic carbocycles. The third-order valence-electron chi connectivity index (χ3n) is 8.40.